The molecular formula is C28H32N2O5. The maximum atomic E-state index is 12.6. The molecule has 2 amide bonds. The molecule has 1 saturated carbocycles. The number of fused-ring (bicyclic) bond motifs is 3. The Labute approximate surface area is 205 Å². The van der Waals surface area contributed by atoms with Crippen LogP contribution >= 0.6 is 0 Å². The van der Waals surface area contributed by atoms with Crippen molar-refractivity contribution in [2.24, 2.45) is 5.92 Å². The molecule has 1 unspecified atom stereocenters. The molecule has 0 spiro atoms. The number of hydrogen-bond acceptors (Lipinski definition) is 4. The number of benzene rings is 2. The zero-order chi connectivity index (χ0) is 24.9. The van der Waals surface area contributed by atoms with Gasteiger partial charge in [0.25, 0.3) is 0 Å². The van der Waals surface area contributed by atoms with Crippen LogP contribution < -0.4 is 10.6 Å². The van der Waals surface area contributed by atoms with Crippen molar-refractivity contribution in [2.45, 2.75) is 57.5 Å². The molecule has 0 radical (unpaired) electrons. The van der Waals surface area contributed by atoms with Gasteiger partial charge in [0.05, 0.1) is 0 Å². The highest BCUT2D eigenvalue weighted by Crippen LogP contribution is 2.44. The molecule has 3 atom stereocenters. The van der Waals surface area contributed by atoms with E-state index in [1.807, 2.05) is 38.1 Å². The zero-order valence-corrected chi connectivity index (χ0v) is 20.1. The summed E-state index contributed by atoms with van der Waals surface area (Å²) in [5.74, 6) is -1.68. The van der Waals surface area contributed by atoms with Gasteiger partial charge in [0, 0.05) is 17.9 Å². The molecule has 0 saturated heterocycles. The summed E-state index contributed by atoms with van der Waals surface area (Å²) in [4.78, 5) is 36.7. The summed E-state index contributed by atoms with van der Waals surface area (Å²) >= 11 is 0. The van der Waals surface area contributed by atoms with Gasteiger partial charge in [-0.25, -0.2) is 9.59 Å². The van der Waals surface area contributed by atoms with Gasteiger partial charge in [0.15, 0.2) is 0 Å². The molecule has 0 heterocycles. The third-order valence-electron chi connectivity index (χ3n) is 6.85. The number of carboxylic acid groups (broad SMARTS) is 1. The van der Waals surface area contributed by atoms with E-state index in [1.54, 1.807) is 6.08 Å². The predicted octanol–water partition coefficient (Wildman–Crippen LogP) is 4.62. The van der Waals surface area contributed by atoms with Crippen LogP contribution in [0.2, 0.25) is 0 Å². The highest BCUT2D eigenvalue weighted by Gasteiger charge is 2.34. The smallest absolute Gasteiger partial charge is 0.407 e. The predicted molar refractivity (Wildman–Crippen MR) is 133 cm³/mol. The second kappa shape index (κ2) is 10.8. The van der Waals surface area contributed by atoms with Crippen molar-refractivity contribution in [3.63, 3.8) is 0 Å². The molecule has 7 nitrogen and oxygen atoms in total. The van der Waals surface area contributed by atoms with E-state index in [-0.39, 0.29) is 36.8 Å². The maximum absolute atomic E-state index is 12.6. The second-order valence-corrected chi connectivity index (χ2v) is 9.59. The van der Waals surface area contributed by atoms with Crippen LogP contribution in [0.15, 0.2) is 60.2 Å². The average Bonchev–Trinajstić information content (AvgIpc) is 3.43. The van der Waals surface area contributed by atoms with Crippen LogP contribution in [0.1, 0.15) is 56.6 Å². The number of allylic oxidation sites excluding steroid dienone is 1. The lowest BCUT2D eigenvalue weighted by Gasteiger charge is -2.18. The normalized spacial score (nSPS) is 19.3. The van der Waals surface area contributed by atoms with E-state index in [1.165, 1.54) is 11.1 Å². The summed E-state index contributed by atoms with van der Waals surface area (Å²) in [6, 6.07) is 15.2. The second-order valence-electron chi connectivity index (χ2n) is 9.59. The zero-order valence-electron chi connectivity index (χ0n) is 20.1. The molecule has 3 N–H and O–H groups in total. The molecule has 7 heteroatoms. The molecule has 0 bridgehead atoms. The standard InChI is InChI=1S/C28H32N2O5/c1-17(2)11-14-25(27(32)33)30-26(31)18-12-13-19(15-18)29-28(34)35-16-24-22-9-5-3-7-20(22)21-8-4-6-10-23(21)24/h3-11,18-19,24-25H,12-16H2,1-2H3,(H,29,34)(H,30,31)(H,32,33)/t18-,19+,25?/m1/s1. The Morgan fingerprint density at radius 1 is 1.03 bits per heavy atom. The van der Waals surface area contributed by atoms with Gasteiger partial charge in [-0.15, -0.1) is 0 Å². The number of nitrogens with one attached hydrogen (secondary N) is 2. The maximum Gasteiger partial charge on any atom is 0.407 e. The third-order valence-corrected chi connectivity index (χ3v) is 6.85. The van der Waals surface area contributed by atoms with Gasteiger partial charge in [-0.3, -0.25) is 4.79 Å². The molecule has 0 aliphatic heterocycles. The Hall–Kier alpha value is -3.61. The molecule has 2 aliphatic carbocycles. The largest absolute Gasteiger partial charge is 0.480 e. The van der Waals surface area contributed by atoms with Gasteiger partial charge in [-0.05, 0) is 61.8 Å². The van der Waals surface area contributed by atoms with E-state index in [9.17, 15) is 19.5 Å². The van der Waals surface area contributed by atoms with Crippen molar-refractivity contribution in [1.82, 2.24) is 10.6 Å². The van der Waals surface area contributed by atoms with E-state index in [0.29, 0.717) is 19.3 Å². The summed E-state index contributed by atoms with van der Waals surface area (Å²) in [6.07, 6.45) is 3.26. The van der Waals surface area contributed by atoms with E-state index in [0.717, 1.165) is 16.7 Å². The van der Waals surface area contributed by atoms with Gasteiger partial charge in [0.1, 0.15) is 12.6 Å². The molecular weight excluding hydrogens is 444 g/mol. The minimum atomic E-state index is -1.05. The van der Waals surface area contributed by atoms with Crippen LogP contribution in [-0.2, 0) is 14.3 Å². The molecule has 4 rings (SSSR count). The minimum absolute atomic E-state index is 0.0102. The Morgan fingerprint density at radius 3 is 2.26 bits per heavy atom. The van der Waals surface area contributed by atoms with Gasteiger partial charge in [-0.2, -0.15) is 0 Å². The van der Waals surface area contributed by atoms with Gasteiger partial charge in [-0.1, -0.05) is 60.2 Å². The van der Waals surface area contributed by atoms with Gasteiger partial charge < -0.3 is 20.5 Å². The monoisotopic (exact) mass is 476 g/mol. The molecule has 184 valence electrons. The summed E-state index contributed by atoms with van der Waals surface area (Å²) < 4.78 is 5.61. The number of ether oxygens (including phenoxy) is 1. The Balaban J connectivity index is 1.28. The van der Waals surface area contributed by atoms with Crippen molar-refractivity contribution < 1.29 is 24.2 Å². The molecule has 0 aromatic heterocycles. The summed E-state index contributed by atoms with van der Waals surface area (Å²) in [5, 5.41) is 14.9. The van der Waals surface area contributed by atoms with Crippen LogP contribution in [0.4, 0.5) is 4.79 Å². The number of alkyl carbamates (subject to hydrolysis) is 1. The topological polar surface area (TPSA) is 105 Å². The van der Waals surface area contributed by atoms with Crippen LogP contribution in [0, 0.1) is 5.92 Å². The van der Waals surface area contributed by atoms with Crippen LogP contribution in [0.3, 0.4) is 0 Å². The van der Waals surface area contributed by atoms with Crippen molar-refractivity contribution in [3.8, 4) is 11.1 Å². The summed E-state index contributed by atoms with van der Waals surface area (Å²) in [7, 11) is 0. The Bertz CT molecular complexity index is 1090. The first-order chi connectivity index (χ1) is 16.8. The van der Waals surface area contributed by atoms with Crippen LogP contribution in [0.5, 0.6) is 0 Å². The lowest BCUT2D eigenvalue weighted by Crippen LogP contribution is -2.43. The molecule has 2 aromatic rings. The Morgan fingerprint density at radius 2 is 1.66 bits per heavy atom. The quantitative estimate of drug-likeness (QED) is 0.482. The van der Waals surface area contributed by atoms with Crippen molar-refractivity contribution in [2.75, 3.05) is 6.61 Å². The minimum Gasteiger partial charge on any atom is -0.480 e. The number of hydrogen-bond donors (Lipinski definition) is 3. The van der Waals surface area contributed by atoms with E-state index in [2.05, 4.69) is 34.9 Å². The first kappa shape index (κ1) is 24.5. The molecule has 2 aliphatic rings. The first-order valence-electron chi connectivity index (χ1n) is 12.1. The third kappa shape index (κ3) is 5.73. The summed E-state index contributed by atoms with van der Waals surface area (Å²) in [6.45, 7) is 4.01. The van der Waals surface area contributed by atoms with E-state index < -0.39 is 18.1 Å². The molecule has 1 fully saturated rings. The Kier molecular flexibility index (Phi) is 7.54. The fourth-order valence-corrected chi connectivity index (χ4v) is 5.02. The van der Waals surface area contributed by atoms with Crippen LogP contribution in [-0.4, -0.2) is 41.8 Å². The van der Waals surface area contributed by atoms with Gasteiger partial charge >= 0.3 is 12.1 Å². The van der Waals surface area contributed by atoms with Crippen LogP contribution in [0.25, 0.3) is 11.1 Å². The molecule has 2 aromatic carbocycles. The van der Waals surface area contributed by atoms with Gasteiger partial charge in [0.2, 0.25) is 5.91 Å². The van der Waals surface area contributed by atoms with Crippen molar-refractivity contribution in [3.05, 3.63) is 71.3 Å². The SMILES string of the molecule is CC(C)=CCC(NC(=O)[C@@H]1CC[C@H](NC(=O)OCC2c3ccccc3-c3ccccc32)C1)C(=O)O. The number of carbonyl (C=O) groups is 3. The summed E-state index contributed by atoms with van der Waals surface area (Å²) in [5.41, 5.74) is 5.65. The van der Waals surface area contributed by atoms with Crippen molar-refractivity contribution in [1.29, 1.82) is 0 Å². The van der Waals surface area contributed by atoms with Crippen molar-refractivity contribution >= 4 is 18.0 Å². The first-order valence-corrected chi connectivity index (χ1v) is 12.1. The average molecular weight is 477 g/mol. The lowest BCUT2D eigenvalue weighted by atomic mass is 9.98. The van der Waals surface area contributed by atoms with E-state index in [4.69, 9.17) is 4.74 Å². The number of aliphatic carboxylic acids is 1. The highest BCUT2D eigenvalue weighted by molar-refractivity contribution is 5.85. The fraction of sp³-hybridized carbons (Fsp3) is 0.393. The number of carbonyl (C=O) groups excluding carboxylic acids is 2. The number of carboxylic acids is 1. The van der Waals surface area contributed by atoms with E-state index >= 15 is 0 Å². The molecule has 35 heavy (non-hydrogen) atoms. The lowest BCUT2D eigenvalue weighted by molar-refractivity contribution is -0.142. The number of amides is 2. The number of rotatable bonds is 8. The highest BCUT2D eigenvalue weighted by atomic mass is 16.5. The fourth-order valence-electron chi connectivity index (χ4n) is 5.02.